The van der Waals surface area contributed by atoms with Gasteiger partial charge in [0.2, 0.25) is 0 Å². The minimum Gasteiger partial charge on any atom is -0.508 e. The van der Waals surface area contributed by atoms with Crippen molar-refractivity contribution in [3.05, 3.63) is 23.8 Å². The Kier molecular flexibility index (Phi) is 1.95. The summed E-state index contributed by atoms with van der Waals surface area (Å²) in [5.74, 6) is 0.945. The van der Waals surface area contributed by atoms with Crippen LogP contribution in [0.5, 0.6) is 5.75 Å². The van der Waals surface area contributed by atoms with Crippen LogP contribution in [0, 0.1) is 5.92 Å². The molecule has 0 radical (unpaired) electrons. The minimum absolute atomic E-state index is 0.112. The topological polar surface area (TPSA) is 32.3 Å². The largest absolute Gasteiger partial charge is 0.508 e. The van der Waals surface area contributed by atoms with Crippen molar-refractivity contribution in [3.63, 3.8) is 0 Å². The summed E-state index contributed by atoms with van der Waals surface area (Å²) >= 11 is 0. The van der Waals surface area contributed by atoms with E-state index >= 15 is 0 Å². The third-order valence-electron chi connectivity index (χ3n) is 3.35. The Labute approximate surface area is 85.0 Å². The lowest BCUT2D eigenvalue weighted by Gasteiger charge is -2.39. The highest BCUT2D eigenvalue weighted by atomic mass is 16.3. The van der Waals surface area contributed by atoms with Gasteiger partial charge in [0.25, 0.3) is 0 Å². The van der Waals surface area contributed by atoms with Crippen LogP contribution in [0.25, 0.3) is 0 Å². The van der Waals surface area contributed by atoms with Crippen molar-refractivity contribution in [3.8, 4) is 5.75 Å². The number of anilines is 1. The van der Waals surface area contributed by atoms with Crippen molar-refractivity contribution in [2.45, 2.75) is 32.7 Å². The first-order valence-electron chi connectivity index (χ1n) is 5.10. The number of phenols is 1. The Morgan fingerprint density at radius 1 is 1.43 bits per heavy atom. The number of benzene rings is 1. The molecule has 0 fully saturated rings. The molecule has 2 nitrogen and oxygen atoms in total. The van der Waals surface area contributed by atoms with Crippen LogP contribution in [0.4, 0.5) is 5.69 Å². The number of aromatic hydroxyl groups is 1. The van der Waals surface area contributed by atoms with Crippen molar-refractivity contribution in [1.82, 2.24) is 0 Å². The molecule has 0 saturated carbocycles. The Balaban J connectivity index is 2.45. The number of phenolic OH excluding ortho intramolecular Hbond substituents is 1. The van der Waals surface area contributed by atoms with Gasteiger partial charge in [-0.1, -0.05) is 13.0 Å². The average molecular weight is 191 g/mol. The van der Waals surface area contributed by atoms with Crippen LogP contribution in [-0.2, 0) is 6.42 Å². The summed E-state index contributed by atoms with van der Waals surface area (Å²) in [6, 6.07) is 5.67. The van der Waals surface area contributed by atoms with E-state index in [4.69, 9.17) is 0 Å². The molecule has 1 aromatic carbocycles. The summed E-state index contributed by atoms with van der Waals surface area (Å²) in [4.78, 5) is 0. The van der Waals surface area contributed by atoms with Gasteiger partial charge < -0.3 is 10.4 Å². The Hall–Kier alpha value is -1.18. The molecule has 14 heavy (non-hydrogen) atoms. The maximum atomic E-state index is 9.70. The standard InChI is InChI=1S/C12H17NO/c1-8-7-9-10(13-12(8,2)3)5-4-6-11(9)14/h4-6,8,13-14H,7H2,1-3H3. The van der Waals surface area contributed by atoms with Crippen LogP contribution >= 0.6 is 0 Å². The molecule has 0 saturated heterocycles. The molecule has 1 aliphatic rings. The molecule has 1 atom stereocenters. The minimum atomic E-state index is 0.112. The molecule has 0 amide bonds. The molecule has 0 aromatic heterocycles. The van der Waals surface area contributed by atoms with Gasteiger partial charge in [-0.3, -0.25) is 0 Å². The van der Waals surface area contributed by atoms with Crippen LogP contribution in [0.1, 0.15) is 26.3 Å². The lowest BCUT2D eigenvalue weighted by Crippen LogP contribution is -2.42. The predicted molar refractivity (Wildman–Crippen MR) is 58.7 cm³/mol. The Morgan fingerprint density at radius 2 is 2.14 bits per heavy atom. The van der Waals surface area contributed by atoms with E-state index in [-0.39, 0.29) is 5.54 Å². The van der Waals surface area contributed by atoms with E-state index in [2.05, 4.69) is 26.1 Å². The molecule has 0 spiro atoms. The zero-order valence-corrected chi connectivity index (χ0v) is 8.96. The number of hydrogen-bond acceptors (Lipinski definition) is 2. The lowest BCUT2D eigenvalue weighted by atomic mass is 9.80. The molecule has 2 rings (SSSR count). The maximum Gasteiger partial charge on any atom is 0.120 e. The number of rotatable bonds is 0. The van der Waals surface area contributed by atoms with Crippen LogP contribution in [-0.4, -0.2) is 10.6 Å². The normalized spacial score (nSPS) is 23.8. The van der Waals surface area contributed by atoms with E-state index in [9.17, 15) is 5.11 Å². The molecule has 1 aromatic rings. The highest BCUT2D eigenvalue weighted by Gasteiger charge is 2.32. The molecule has 1 unspecified atom stereocenters. The van der Waals surface area contributed by atoms with Crippen LogP contribution in [0.2, 0.25) is 0 Å². The third-order valence-corrected chi connectivity index (χ3v) is 3.35. The zero-order valence-electron chi connectivity index (χ0n) is 8.96. The Morgan fingerprint density at radius 3 is 2.86 bits per heavy atom. The van der Waals surface area contributed by atoms with Crippen molar-refractivity contribution in [2.75, 3.05) is 5.32 Å². The molecule has 76 valence electrons. The summed E-state index contributed by atoms with van der Waals surface area (Å²) < 4.78 is 0. The first-order chi connectivity index (χ1) is 6.50. The predicted octanol–water partition coefficient (Wildman–Crippen LogP) is 2.77. The second kappa shape index (κ2) is 2.91. The van der Waals surface area contributed by atoms with Gasteiger partial charge in [-0.05, 0) is 38.3 Å². The molecular formula is C12H17NO. The summed E-state index contributed by atoms with van der Waals surface area (Å²) in [7, 11) is 0. The van der Waals surface area contributed by atoms with E-state index in [1.54, 1.807) is 6.07 Å². The van der Waals surface area contributed by atoms with Crippen molar-refractivity contribution >= 4 is 5.69 Å². The van der Waals surface area contributed by atoms with Crippen LogP contribution in [0.15, 0.2) is 18.2 Å². The monoisotopic (exact) mass is 191 g/mol. The average Bonchev–Trinajstić information content (AvgIpc) is 2.08. The van der Waals surface area contributed by atoms with Crippen molar-refractivity contribution in [1.29, 1.82) is 0 Å². The second-order valence-corrected chi connectivity index (χ2v) is 4.76. The van der Waals surface area contributed by atoms with Gasteiger partial charge >= 0.3 is 0 Å². The summed E-state index contributed by atoms with van der Waals surface area (Å²) in [6.45, 7) is 6.61. The molecule has 0 bridgehead atoms. The molecule has 0 aliphatic carbocycles. The maximum absolute atomic E-state index is 9.70. The third kappa shape index (κ3) is 1.35. The van der Waals surface area contributed by atoms with Gasteiger partial charge in [0, 0.05) is 16.8 Å². The summed E-state index contributed by atoms with van der Waals surface area (Å²) in [5, 5.41) is 13.2. The molecule has 2 N–H and O–H groups in total. The fourth-order valence-electron chi connectivity index (χ4n) is 1.94. The fourth-order valence-corrected chi connectivity index (χ4v) is 1.94. The summed E-state index contributed by atoms with van der Waals surface area (Å²) in [6.07, 6.45) is 0.946. The highest BCUT2D eigenvalue weighted by Crippen LogP contribution is 2.38. The quantitative estimate of drug-likeness (QED) is 0.661. The SMILES string of the molecule is CC1Cc2c(O)cccc2NC1(C)C. The highest BCUT2D eigenvalue weighted by molar-refractivity contribution is 5.60. The van der Waals surface area contributed by atoms with Gasteiger partial charge in [-0.15, -0.1) is 0 Å². The number of nitrogens with one attached hydrogen (secondary N) is 1. The summed E-state index contributed by atoms with van der Waals surface area (Å²) in [5.41, 5.74) is 2.24. The number of hydrogen-bond donors (Lipinski definition) is 2. The first kappa shape index (κ1) is 9.38. The van der Waals surface area contributed by atoms with E-state index in [1.807, 2.05) is 12.1 Å². The van der Waals surface area contributed by atoms with Crippen LogP contribution in [0.3, 0.4) is 0 Å². The smallest absolute Gasteiger partial charge is 0.120 e. The molecule has 1 heterocycles. The van der Waals surface area contributed by atoms with Gasteiger partial charge in [-0.25, -0.2) is 0 Å². The second-order valence-electron chi connectivity index (χ2n) is 4.76. The van der Waals surface area contributed by atoms with Crippen LogP contribution < -0.4 is 5.32 Å². The number of fused-ring (bicyclic) bond motifs is 1. The van der Waals surface area contributed by atoms with E-state index < -0.39 is 0 Å². The fraction of sp³-hybridized carbons (Fsp3) is 0.500. The zero-order chi connectivity index (χ0) is 10.3. The molecule has 1 aliphatic heterocycles. The lowest BCUT2D eigenvalue weighted by molar-refractivity contribution is 0.354. The van der Waals surface area contributed by atoms with Gasteiger partial charge in [-0.2, -0.15) is 0 Å². The Bertz CT molecular complexity index is 357. The van der Waals surface area contributed by atoms with Crippen molar-refractivity contribution < 1.29 is 5.11 Å². The molecular weight excluding hydrogens is 174 g/mol. The van der Waals surface area contributed by atoms with E-state index in [0.717, 1.165) is 17.7 Å². The molecule has 2 heteroatoms. The van der Waals surface area contributed by atoms with Gasteiger partial charge in [0.15, 0.2) is 0 Å². The van der Waals surface area contributed by atoms with E-state index in [1.165, 1.54) is 0 Å². The van der Waals surface area contributed by atoms with Gasteiger partial charge in [0.1, 0.15) is 5.75 Å². The van der Waals surface area contributed by atoms with Gasteiger partial charge in [0.05, 0.1) is 0 Å². The first-order valence-corrected chi connectivity index (χ1v) is 5.10. The van der Waals surface area contributed by atoms with Crippen molar-refractivity contribution in [2.24, 2.45) is 5.92 Å². The van der Waals surface area contributed by atoms with E-state index in [0.29, 0.717) is 11.7 Å².